The minimum Gasteiger partial charge on any atom is -0.449 e. The third kappa shape index (κ3) is 2.13. The molecule has 0 spiro atoms. The van der Waals surface area contributed by atoms with Gasteiger partial charge in [0.2, 0.25) is 0 Å². The highest BCUT2D eigenvalue weighted by molar-refractivity contribution is 5.68. The number of rotatable bonds is 0. The molecule has 1 aliphatic heterocycles. The van der Waals surface area contributed by atoms with E-state index < -0.39 is 0 Å². The Bertz CT molecular complexity index is 172. The predicted octanol–water partition coefficient (Wildman–Crippen LogP) is 2.02. The second kappa shape index (κ2) is 3.33. The molecule has 12 heavy (non-hydrogen) atoms. The van der Waals surface area contributed by atoms with Gasteiger partial charge in [-0.2, -0.15) is 0 Å². The van der Waals surface area contributed by atoms with Crippen LogP contribution in [-0.2, 0) is 4.74 Å². The molecule has 0 aromatic carbocycles. The molecule has 0 atom stereocenters. The van der Waals surface area contributed by atoms with E-state index >= 15 is 0 Å². The van der Waals surface area contributed by atoms with Gasteiger partial charge in [-0.3, -0.25) is 0 Å². The second-order valence-electron chi connectivity index (χ2n) is 4.14. The summed E-state index contributed by atoms with van der Waals surface area (Å²) < 4.78 is 5.03. The lowest BCUT2D eigenvalue weighted by Gasteiger charge is -2.33. The molecule has 0 saturated carbocycles. The molecular formula is C9H17NO2. The van der Waals surface area contributed by atoms with Crippen LogP contribution in [0.1, 0.15) is 33.6 Å². The van der Waals surface area contributed by atoms with E-state index in [1.807, 2.05) is 20.8 Å². The lowest BCUT2D eigenvalue weighted by atomic mass is 10.1. The summed E-state index contributed by atoms with van der Waals surface area (Å²) >= 11 is 0. The van der Waals surface area contributed by atoms with E-state index in [9.17, 15) is 4.79 Å². The SMILES string of the molecule is CC(C)(C)N1CCCCOC1=O. The molecule has 1 heterocycles. The first-order chi connectivity index (χ1) is 5.52. The molecule has 0 aromatic heterocycles. The van der Waals surface area contributed by atoms with E-state index in [1.165, 1.54) is 0 Å². The van der Waals surface area contributed by atoms with Crippen molar-refractivity contribution < 1.29 is 9.53 Å². The van der Waals surface area contributed by atoms with Crippen LogP contribution in [0, 0.1) is 0 Å². The molecule has 70 valence electrons. The average molecular weight is 171 g/mol. The Morgan fingerprint density at radius 3 is 2.58 bits per heavy atom. The van der Waals surface area contributed by atoms with Crippen molar-refractivity contribution in [1.82, 2.24) is 4.90 Å². The van der Waals surface area contributed by atoms with Gasteiger partial charge in [0.25, 0.3) is 0 Å². The third-order valence-electron chi connectivity index (χ3n) is 2.03. The zero-order chi connectivity index (χ0) is 9.19. The lowest BCUT2D eigenvalue weighted by Crippen LogP contribution is -2.45. The summed E-state index contributed by atoms with van der Waals surface area (Å²) in [7, 11) is 0. The Labute approximate surface area is 73.7 Å². The Balaban J connectivity index is 2.66. The van der Waals surface area contributed by atoms with Crippen LogP contribution in [0.4, 0.5) is 4.79 Å². The first-order valence-corrected chi connectivity index (χ1v) is 4.46. The van der Waals surface area contributed by atoms with Crippen LogP contribution < -0.4 is 0 Å². The fraction of sp³-hybridized carbons (Fsp3) is 0.889. The van der Waals surface area contributed by atoms with Crippen molar-refractivity contribution in [2.24, 2.45) is 0 Å². The van der Waals surface area contributed by atoms with Crippen LogP contribution in [0.2, 0.25) is 0 Å². The van der Waals surface area contributed by atoms with Gasteiger partial charge in [0.1, 0.15) is 0 Å². The van der Waals surface area contributed by atoms with Gasteiger partial charge in [-0.05, 0) is 33.6 Å². The van der Waals surface area contributed by atoms with Gasteiger partial charge in [0.15, 0.2) is 0 Å². The Morgan fingerprint density at radius 2 is 2.00 bits per heavy atom. The molecule has 0 unspecified atom stereocenters. The largest absolute Gasteiger partial charge is 0.449 e. The molecule has 1 rings (SSSR count). The number of cyclic esters (lactones) is 1. The highest BCUT2D eigenvalue weighted by Crippen LogP contribution is 2.17. The van der Waals surface area contributed by atoms with E-state index in [0.717, 1.165) is 19.4 Å². The van der Waals surface area contributed by atoms with Crippen LogP contribution in [0.25, 0.3) is 0 Å². The van der Waals surface area contributed by atoms with E-state index in [1.54, 1.807) is 4.90 Å². The molecule has 1 aliphatic rings. The van der Waals surface area contributed by atoms with Gasteiger partial charge >= 0.3 is 6.09 Å². The molecule has 0 bridgehead atoms. The van der Waals surface area contributed by atoms with Gasteiger partial charge in [-0.25, -0.2) is 4.79 Å². The average Bonchev–Trinajstić information content (AvgIpc) is 2.11. The van der Waals surface area contributed by atoms with Gasteiger partial charge in [0.05, 0.1) is 6.61 Å². The lowest BCUT2D eigenvalue weighted by molar-refractivity contribution is 0.0826. The molecule has 3 nitrogen and oxygen atoms in total. The number of ether oxygens (including phenoxy) is 1. The molecule has 1 saturated heterocycles. The van der Waals surface area contributed by atoms with Crippen molar-refractivity contribution in [1.29, 1.82) is 0 Å². The fourth-order valence-corrected chi connectivity index (χ4v) is 1.31. The van der Waals surface area contributed by atoms with Crippen molar-refractivity contribution in [2.75, 3.05) is 13.2 Å². The quantitative estimate of drug-likeness (QED) is 0.558. The smallest absolute Gasteiger partial charge is 0.410 e. The first kappa shape index (κ1) is 9.36. The van der Waals surface area contributed by atoms with E-state index in [-0.39, 0.29) is 11.6 Å². The first-order valence-electron chi connectivity index (χ1n) is 4.46. The van der Waals surface area contributed by atoms with Gasteiger partial charge in [0, 0.05) is 12.1 Å². The summed E-state index contributed by atoms with van der Waals surface area (Å²) in [5.41, 5.74) is -0.110. The third-order valence-corrected chi connectivity index (χ3v) is 2.03. The minimum atomic E-state index is -0.167. The molecule has 0 aliphatic carbocycles. The second-order valence-corrected chi connectivity index (χ2v) is 4.14. The van der Waals surface area contributed by atoms with Gasteiger partial charge < -0.3 is 9.64 Å². The maximum atomic E-state index is 11.4. The highest BCUT2D eigenvalue weighted by atomic mass is 16.6. The summed E-state index contributed by atoms with van der Waals surface area (Å²) in [5, 5.41) is 0. The molecule has 0 radical (unpaired) electrons. The van der Waals surface area contributed by atoms with E-state index in [2.05, 4.69) is 0 Å². The van der Waals surface area contributed by atoms with Crippen molar-refractivity contribution in [2.45, 2.75) is 39.2 Å². The molecule has 1 amide bonds. The van der Waals surface area contributed by atoms with Gasteiger partial charge in [-0.1, -0.05) is 0 Å². The van der Waals surface area contributed by atoms with Crippen molar-refractivity contribution in [3.63, 3.8) is 0 Å². The Morgan fingerprint density at radius 1 is 1.33 bits per heavy atom. The zero-order valence-corrected chi connectivity index (χ0v) is 8.09. The monoisotopic (exact) mass is 171 g/mol. The van der Waals surface area contributed by atoms with E-state index in [4.69, 9.17) is 4.74 Å². The number of hydrogen-bond acceptors (Lipinski definition) is 2. The Kier molecular flexibility index (Phi) is 2.60. The molecule has 1 fully saturated rings. The Hall–Kier alpha value is -0.730. The highest BCUT2D eigenvalue weighted by Gasteiger charge is 2.28. The van der Waals surface area contributed by atoms with Crippen molar-refractivity contribution in [3.8, 4) is 0 Å². The fourth-order valence-electron chi connectivity index (χ4n) is 1.31. The number of carbonyl (C=O) groups excluding carboxylic acids is 1. The summed E-state index contributed by atoms with van der Waals surface area (Å²) in [5.74, 6) is 0. The number of amides is 1. The number of hydrogen-bond donors (Lipinski definition) is 0. The standard InChI is InChI=1S/C9H17NO2/c1-9(2,3)10-6-4-5-7-12-8(10)11/h4-7H2,1-3H3. The summed E-state index contributed by atoms with van der Waals surface area (Å²) in [4.78, 5) is 13.2. The van der Waals surface area contributed by atoms with Crippen LogP contribution in [0.5, 0.6) is 0 Å². The molecule has 3 heteroatoms. The zero-order valence-electron chi connectivity index (χ0n) is 8.09. The van der Waals surface area contributed by atoms with Crippen molar-refractivity contribution >= 4 is 6.09 Å². The summed E-state index contributed by atoms with van der Waals surface area (Å²) in [6.45, 7) is 7.48. The normalized spacial score (nSPS) is 20.2. The maximum absolute atomic E-state index is 11.4. The van der Waals surface area contributed by atoms with Crippen LogP contribution in [-0.4, -0.2) is 29.7 Å². The molecule has 0 N–H and O–H groups in total. The topological polar surface area (TPSA) is 29.5 Å². The van der Waals surface area contributed by atoms with E-state index in [0.29, 0.717) is 6.61 Å². The van der Waals surface area contributed by atoms with Crippen molar-refractivity contribution in [3.05, 3.63) is 0 Å². The maximum Gasteiger partial charge on any atom is 0.410 e. The number of nitrogens with zero attached hydrogens (tertiary/aromatic N) is 1. The molecular weight excluding hydrogens is 154 g/mol. The van der Waals surface area contributed by atoms with Gasteiger partial charge in [-0.15, -0.1) is 0 Å². The van der Waals surface area contributed by atoms with Crippen LogP contribution in [0.15, 0.2) is 0 Å². The van der Waals surface area contributed by atoms with Crippen LogP contribution in [0.3, 0.4) is 0 Å². The summed E-state index contributed by atoms with van der Waals surface area (Å²) in [6.07, 6.45) is 1.86. The minimum absolute atomic E-state index is 0.110. The summed E-state index contributed by atoms with van der Waals surface area (Å²) in [6, 6.07) is 0. The predicted molar refractivity (Wildman–Crippen MR) is 47.0 cm³/mol. The molecule has 0 aromatic rings. The van der Waals surface area contributed by atoms with Crippen LogP contribution >= 0.6 is 0 Å². The number of carbonyl (C=O) groups is 1.